The van der Waals surface area contributed by atoms with Crippen LogP contribution in [0.3, 0.4) is 0 Å². The van der Waals surface area contributed by atoms with Crippen LogP contribution in [0.15, 0.2) is 66.7 Å². The van der Waals surface area contributed by atoms with Crippen molar-refractivity contribution in [1.82, 2.24) is 4.68 Å². The van der Waals surface area contributed by atoms with Crippen LogP contribution in [-0.2, 0) is 9.59 Å². The van der Waals surface area contributed by atoms with Crippen molar-refractivity contribution in [3.05, 3.63) is 93.6 Å². The first-order chi connectivity index (χ1) is 16.2. The van der Waals surface area contributed by atoms with Gasteiger partial charge in [-0.25, -0.2) is 4.68 Å². The Morgan fingerprint density at radius 2 is 1.53 bits per heavy atom. The number of nitrogens with one attached hydrogen (secondary N) is 3. The fourth-order valence-electron chi connectivity index (χ4n) is 3.45. The van der Waals surface area contributed by atoms with E-state index in [2.05, 4.69) is 16.1 Å². The van der Waals surface area contributed by atoms with Gasteiger partial charge in [-0.2, -0.15) is 0 Å². The summed E-state index contributed by atoms with van der Waals surface area (Å²) in [4.78, 5) is 38.5. The summed E-state index contributed by atoms with van der Waals surface area (Å²) in [7, 11) is 0. The lowest BCUT2D eigenvalue weighted by molar-refractivity contribution is -0.133. The molecule has 3 aromatic carbocycles. The Morgan fingerprint density at radius 3 is 2.29 bits per heavy atom. The molecule has 4 aromatic rings. The zero-order chi connectivity index (χ0) is 24.4. The molecule has 3 amide bonds. The lowest BCUT2D eigenvalue weighted by Crippen LogP contribution is -2.36. The normalized spacial score (nSPS) is 10.7. The minimum atomic E-state index is -0.940. The van der Waals surface area contributed by atoms with Gasteiger partial charge in [-0.1, -0.05) is 41.4 Å². The Kier molecular flexibility index (Phi) is 6.58. The van der Waals surface area contributed by atoms with E-state index in [4.69, 9.17) is 23.2 Å². The van der Waals surface area contributed by atoms with Gasteiger partial charge in [0.25, 0.3) is 5.91 Å². The van der Waals surface area contributed by atoms with Gasteiger partial charge in [0.05, 0.1) is 5.52 Å². The number of amides is 3. The molecule has 4 rings (SSSR count). The molecule has 0 aliphatic heterocycles. The summed E-state index contributed by atoms with van der Waals surface area (Å²) in [5.74, 6) is -2.32. The smallest absolute Gasteiger partial charge is 0.321 e. The van der Waals surface area contributed by atoms with E-state index in [1.54, 1.807) is 60.7 Å². The van der Waals surface area contributed by atoms with Crippen molar-refractivity contribution < 1.29 is 14.4 Å². The van der Waals surface area contributed by atoms with E-state index in [0.29, 0.717) is 32.3 Å². The number of aromatic nitrogens is 1. The van der Waals surface area contributed by atoms with E-state index < -0.39 is 17.7 Å². The van der Waals surface area contributed by atoms with Crippen molar-refractivity contribution in [2.75, 3.05) is 16.1 Å². The van der Waals surface area contributed by atoms with Gasteiger partial charge in [0.1, 0.15) is 5.69 Å². The third-order valence-electron chi connectivity index (χ3n) is 5.35. The van der Waals surface area contributed by atoms with Crippen LogP contribution in [0.2, 0.25) is 10.0 Å². The molecular formula is C25H20Cl2N4O3. The van der Waals surface area contributed by atoms with Crippen molar-refractivity contribution in [3.8, 4) is 0 Å². The number of hydrogen-bond acceptors (Lipinski definition) is 3. The number of carbonyl (C=O) groups excluding carboxylic acids is 3. The Bertz CT molecular complexity index is 1450. The summed E-state index contributed by atoms with van der Waals surface area (Å²) in [6, 6.07) is 18.6. The summed E-state index contributed by atoms with van der Waals surface area (Å²) < 4.78 is 1.26. The minimum absolute atomic E-state index is 0.102. The second-order valence-corrected chi connectivity index (χ2v) is 8.55. The molecule has 9 heteroatoms. The number of anilines is 2. The Morgan fingerprint density at radius 1 is 0.794 bits per heavy atom. The number of hydrogen-bond donors (Lipinski definition) is 3. The predicted octanol–water partition coefficient (Wildman–Crippen LogP) is 5.53. The molecule has 0 aliphatic rings. The number of rotatable bonds is 4. The SMILES string of the molecule is Cc1cccc(NC(=O)C(=O)Nn2c(C(=O)Nc3cccc(Cl)c3)cc3cc(Cl)ccc32)c1C. The summed E-state index contributed by atoms with van der Waals surface area (Å²) in [6.45, 7) is 3.76. The molecule has 0 unspecified atom stereocenters. The van der Waals surface area contributed by atoms with Gasteiger partial charge in [0, 0.05) is 26.8 Å². The number of benzene rings is 3. The molecule has 1 heterocycles. The van der Waals surface area contributed by atoms with Crippen LogP contribution < -0.4 is 16.1 Å². The summed E-state index contributed by atoms with van der Waals surface area (Å²) in [5, 5.41) is 6.89. The van der Waals surface area contributed by atoms with E-state index in [1.807, 2.05) is 19.9 Å². The third-order valence-corrected chi connectivity index (χ3v) is 5.82. The van der Waals surface area contributed by atoms with Gasteiger partial charge in [-0.15, -0.1) is 0 Å². The Hall–Kier alpha value is -3.81. The zero-order valence-corrected chi connectivity index (χ0v) is 19.8. The Balaban J connectivity index is 1.64. The van der Waals surface area contributed by atoms with Gasteiger partial charge < -0.3 is 10.6 Å². The van der Waals surface area contributed by atoms with E-state index in [-0.39, 0.29) is 5.69 Å². The van der Waals surface area contributed by atoms with Crippen molar-refractivity contribution in [3.63, 3.8) is 0 Å². The maximum Gasteiger partial charge on any atom is 0.328 e. The zero-order valence-electron chi connectivity index (χ0n) is 18.3. The highest BCUT2D eigenvalue weighted by molar-refractivity contribution is 6.42. The number of aryl methyl sites for hydroxylation is 1. The van der Waals surface area contributed by atoms with Gasteiger partial charge >= 0.3 is 11.8 Å². The molecule has 0 radical (unpaired) electrons. The highest BCUT2D eigenvalue weighted by Crippen LogP contribution is 2.24. The van der Waals surface area contributed by atoms with E-state index in [0.717, 1.165) is 11.1 Å². The highest BCUT2D eigenvalue weighted by atomic mass is 35.5. The predicted molar refractivity (Wildman–Crippen MR) is 135 cm³/mol. The quantitative estimate of drug-likeness (QED) is 0.326. The van der Waals surface area contributed by atoms with Crippen LogP contribution >= 0.6 is 23.2 Å². The van der Waals surface area contributed by atoms with Gasteiger partial charge in [-0.3, -0.25) is 19.8 Å². The molecule has 0 saturated heterocycles. The average molecular weight is 495 g/mol. The molecule has 34 heavy (non-hydrogen) atoms. The number of fused-ring (bicyclic) bond motifs is 1. The van der Waals surface area contributed by atoms with Gasteiger partial charge in [0.2, 0.25) is 0 Å². The second kappa shape index (κ2) is 9.59. The standard InChI is InChI=1S/C25H20Cl2N4O3/c1-14-5-3-8-20(15(14)2)29-24(33)25(34)30-31-21-10-9-18(27)11-16(21)12-22(31)23(32)28-19-7-4-6-17(26)13-19/h3-13H,1-2H3,(H,28,32)(H,29,33)(H,30,34). The van der Waals surface area contributed by atoms with Crippen molar-refractivity contribution in [1.29, 1.82) is 0 Å². The number of halogens is 2. The van der Waals surface area contributed by atoms with Crippen molar-refractivity contribution >= 4 is 63.2 Å². The third kappa shape index (κ3) is 4.90. The summed E-state index contributed by atoms with van der Waals surface area (Å²) in [5.41, 5.74) is 5.96. The van der Waals surface area contributed by atoms with Crippen LogP contribution in [0.25, 0.3) is 10.9 Å². The molecule has 172 valence electrons. The van der Waals surface area contributed by atoms with E-state index >= 15 is 0 Å². The van der Waals surface area contributed by atoms with Crippen LogP contribution in [-0.4, -0.2) is 22.4 Å². The second-order valence-electron chi connectivity index (χ2n) is 7.68. The van der Waals surface area contributed by atoms with E-state index in [9.17, 15) is 14.4 Å². The van der Waals surface area contributed by atoms with Crippen molar-refractivity contribution in [2.45, 2.75) is 13.8 Å². The lowest BCUT2D eigenvalue weighted by atomic mass is 10.1. The van der Waals surface area contributed by atoms with Gasteiger partial charge in [0.15, 0.2) is 0 Å². The average Bonchev–Trinajstić information content (AvgIpc) is 3.14. The molecule has 0 aliphatic carbocycles. The fourth-order valence-corrected chi connectivity index (χ4v) is 3.82. The van der Waals surface area contributed by atoms with E-state index in [1.165, 1.54) is 4.68 Å². The van der Waals surface area contributed by atoms with Crippen LogP contribution in [0.5, 0.6) is 0 Å². The molecule has 0 saturated carbocycles. The number of carbonyl (C=O) groups is 3. The van der Waals surface area contributed by atoms with Crippen LogP contribution in [0.4, 0.5) is 11.4 Å². The Labute approximate surface area is 205 Å². The molecule has 0 fully saturated rings. The molecule has 7 nitrogen and oxygen atoms in total. The maximum absolute atomic E-state index is 13.1. The van der Waals surface area contributed by atoms with Crippen molar-refractivity contribution in [2.24, 2.45) is 0 Å². The van der Waals surface area contributed by atoms with Gasteiger partial charge in [-0.05, 0) is 73.5 Å². The first-order valence-electron chi connectivity index (χ1n) is 10.3. The summed E-state index contributed by atoms with van der Waals surface area (Å²) >= 11 is 12.1. The largest absolute Gasteiger partial charge is 0.328 e. The molecule has 0 atom stereocenters. The molecule has 1 aromatic heterocycles. The van der Waals surface area contributed by atoms with Crippen LogP contribution in [0, 0.1) is 13.8 Å². The maximum atomic E-state index is 13.1. The molecule has 3 N–H and O–H groups in total. The van der Waals surface area contributed by atoms with Crippen LogP contribution in [0.1, 0.15) is 21.6 Å². The monoisotopic (exact) mass is 494 g/mol. The fraction of sp³-hybridized carbons (Fsp3) is 0.0800. The topological polar surface area (TPSA) is 92.2 Å². The lowest BCUT2D eigenvalue weighted by Gasteiger charge is -2.14. The first kappa shape index (κ1) is 23.4. The minimum Gasteiger partial charge on any atom is -0.321 e. The molecule has 0 spiro atoms. The highest BCUT2D eigenvalue weighted by Gasteiger charge is 2.21. The summed E-state index contributed by atoms with van der Waals surface area (Å²) in [6.07, 6.45) is 0. The molecular weight excluding hydrogens is 475 g/mol. The number of nitrogens with zero attached hydrogens (tertiary/aromatic N) is 1. The first-order valence-corrected chi connectivity index (χ1v) is 11.0. The molecule has 0 bridgehead atoms.